The molecule has 3 aliphatic rings. The van der Waals surface area contributed by atoms with E-state index in [4.69, 9.17) is 4.74 Å². The highest BCUT2D eigenvalue weighted by molar-refractivity contribution is 7.88. The van der Waals surface area contributed by atoms with Gasteiger partial charge < -0.3 is 19.5 Å². The summed E-state index contributed by atoms with van der Waals surface area (Å²) in [6.07, 6.45) is 7.96. The fraction of sp³-hybridized carbons (Fsp3) is 0.529. The second-order valence-electron chi connectivity index (χ2n) is 13.5. The number of aryl methyl sites for hydroxylation is 1. The molecule has 1 atom stereocenters. The third kappa shape index (κ3) is 7.30. The summed E-state index contributed by atoms with van der Waals surface area (Å²) in [6, 6.07) is 11.0. The minimum absolute atomic E-state index is 0.232. The molecule has 3 amide bonds. The maximum absolute atomic E-state index is 13.5. The quantitative estimate of drug-likeness (QED) is 0.381. The maximum Gasteiger partial charge on any atom is 0.317 e. The number of carbonyl (C=O) groups is 2. The van der Waals surface area contributed by atoms with Gasteiger partial charge in [0.1, 0.15) is 5.75 Å². The first kappa shape index (κ1) is 35.2. The van der Waals surface area contributed by atoms with E-state index < -0.39 is 26.1 Å². The van der Waals surface area contributed by atoms with Crippen LogP contribution in [0, 0.1) is 0 Å². The number of amides is 3. The van der Waals surface area contributed by atoms with Gasteiger partial charge >= 0.3 is 16.2 Å². The highest BCUT2D eigenvalue weighted by atomic mass is 32.2. The van der Waals surface area contributed by atoms with E-state index in [0.717, 1.165) is 57.7 Å². The monoisotopic (exact) mass is 714 g/mol. The lowest BCUT2D eigenvalue weighted by atomic mass is 9.81. The van der Waals surface area contributed by atoms with Gasteiger partial charge in [0, 0.05) is 74.9 Å². The fourth-order valence-corrected chi connectivity index (χ4v) is 8.83. The van der Waals surface area contributed by atoms with Crippen LogP contribution in [0.1, 0.15) is 65.9 Å². The molecule has 2 fully saturated rings. The number of fused-ring (bicyclic) bond motifs is 5. The number of hydrogen-bond acceptors (Lipinski definition) is 7. The lowest BCUT2D eigenvalue weighted by Crippen LogP contribution is -2.54. The largest absolute Gasteiger partial charge is 0.497 e. The molecular weight excluding hydrogens is 669 g/mol. The van der Waals surface area contributed by atoms with Crippen molar-refractivity contribution in [3.63, 3.8) is 0 Å². The first-order valence-corrected chi connectivity index (χ1v) is 20.1. The van der Waals surface area contributed by atoms with Crippen LogP contribution in [0.5, 0.6) is 5.75 Å². The summed E-state index contributed by atoms with van der Waals surface area (Å²) < 4.78 is 61.4. The number of hydrogen-bond donors (Lipinski definition) is 2. The molecule has 0 radical (unpaired) electrons. The molecule has 2 aliphatic heterocycles. The molecular formula is C34H46N6O7S2. The Morgan fingerprint density at radius 2 is 1.61 bits per heavy atom. The van der Waals surface area contributed by atoms with Crippen LogP contribution in [0.4, 0.5) is 4.79 Å². The number of ether oxygens (including phenoxy) is 1. The number of carbonyl (C=O) groups excluding carboxylic acids is 2. The average molecular weight is 715 g/mol. The summed E-state index contributed by atoms with van der Waals surface area (Å²) >= 11 is 0. The molecule has 1 saturated heterocycles. The number of benzene rings is 2. The highest BCUT2D eigenvalue weighted by Crippen LogP contribution is 2.46. The fourth-order valence-electron chi connectivity index (χ4n) is 7.47. The molecule has 3 aromatic rings. The molecule has 1 saturated carbocycles. The van der Waals surface area contributed by atoms with Gasteiger partial charge in [0.05, 0.1) is 19.1 Å². The van der Waals surface area contributed by atoms with Gasteiger partial charge in [-0.15, -0.1) is 0 Å². The van der Waals surface area contributed by atoms with Crippen LogP contribution < -0.4 is 14.8 Å². The molecule has 2 aromatic carbocycles. The zero-order valence-corrected chi connectivity index (χ0v) is 30.2. The van der Waals surface area contributed by atoms with Crippen molar-refractivity contribution >= 4 is 43.1 Å². The average Bonchev–Trinajstić information content (AvgIpc) is 3.38. The van der Waals surface area contributed by atoms with Gasteiger partial charge in [-0.3, -0.25) is 4.79 Å². The van der Waals surface area contributed by atoms with E-state index in [2.05, 4.69) is 20.7 Å². The van der Waals surface area contributed by atoms with E-state index in [1.54, 1.807) is 24.1 Å². The van der Waals surface area contributed by atoms with Gasteiger partial charge in [0.25, 0.3) is 5.91 Å². The smallest absolute Gasteiger partial charge is 0.317 e. The number of nitrogens with zero attached hydrogens (tertiary/aromatic N) is 4. The molecule has 3 heterocycles. The topological polar surface area (TPSA) is 150 Å². The number of aromatic nitrogens is 1. The van der Waals surface area contributed by atoms with Crippen molar-refractivity contribution in [3.8, 4) is 17.0 Å². The van der Waals surface area contributed by atoms with Gasteiger partial charge in [-0.25, -0.2) is 17.9 Å². The Balaban J connectivity index is 1.40. The molecule has 0 spiro atoms. The minimum Gasteiger partial charge on any atom is -0.497 e. The van der Waals surface area contributed by atoms with Gasteiger partial charge in [-0.2, -0.15) is 17.0 Å². The number of sulfonamides is 1. The molecule has 1 aliphatic carbocycles. The van der Waals surface area contributed by atoms with E-state index in [1.165, 1.54) is 36.6 Å². The van der Waals surface area contributed by atoms with Crippen LogP contribution in [-0.2, 0) is 33.2 Å². The van der Waals surface area contributed by atoms with E-state index in [9.17, 15) is 26.4 Å². The Morgan fingerprint density at radius 3 is 2.27 bits per heavy atom. The minimum atomic E-state index is -3.99. The normalized spacial score (nSPS) is 19.5. The standard InChI is InChI=1S/C34H46N6O7S2/c1-37(2)49(45,46)36-33(41)24-10-12-29-30(22-24)40-15-14-26(35-34(42)38-16-18-39(19-17-38)48(4,43)44)20-25-21-27(47-3)11-13-28(25)32(40)31(29)23-8-6-5-7-9-23/h10-13,21-23,26H,5-9,14-20H2,1-4H3,(H,35,42)(H,36,41). The van der Waals surface area contributed by atoms with Crippen LogP contribution in [0.25, 0.3) is 22.2 Å². The zero-order valence-electron chi connectivity index (χ0n) is 28.6. The highest BCUT2D eigenvalue weighted by Gasteiger charge is 2.32. The van der Waals surface area contributed by atoms with Crippen LogP contribution >= 0.6 is 0 Å². The number of urea groups is 1. The van der Waals surface area contributed by atoms with E-state index in [-0.39, 0.29) is 30.7 Å². The Bertz CT molecular complexity index is 1960. The van der Waals surface area contributed by atoms with Gasteiger partial charge in [0.2, 0.25) is 10.0 Å². The molecule has 15 heteroatoms. The van der Waals surface area contributed by atoms with Crippen molar-refractivity contribution < 1.29 is 31.2 Å². The third-order valence-corrected chi connectivity index (χ3v) is 12.8. The Morgan fingerprint density at radius 1 is 0.898 bits per heavy atom. The third-order valence-electron chi connectivity index (χ3n) is 10.1. The second-order valence-corrected chi connectivity index (χ2v) is 17.4. The second kappa shape index (κ2) is 13.9. The predicted molar refractivity (Wildman–Crippen MR) is 188 cm³/mol. The molecule has 13 nitrogen and oxygen atoms in total. The maximum atomic E-state index is 13.5. The molecule has 6 rings (SSSR count). The summed E-state index contributed by atoms with van der Waals surface area (Å²) in [5.41, 5.74) is 5.50. The molecule has 266 valence electrons. The van der Waals surface area contributed by atoms with E-state index in [1.807, 2.05) is 18.2 Å². The summed E-state index contributed by atoms with van der Waals surface area (Å²) in [6.45, 7) is 1.68. The molecule has 0 bridgehead atoms. The molecule has 1 unspecified atom stereocenters. The zero-order chi connectivity index (χ0) is 35.1. The van der Waals surface area contributed by atoms with Crippen LogP contribution in [0.3, 0.4) is 0 Å². The van der Waals surface area contributed by atoms with Crippen molar-refractivity contribution in [2.24, 2.45) is 0 Å². The predicted octanol–water partition coefficient (Wildman–Crippen LogP) is 3.50. The van der Waals surface area contributed by atoms with Crippen molar-refractivity contribution in [1.29, 1.82) is 0 Å². The van der Waals surface area contributed by atoms with Crippen LogP contribution in [-0.4, -0.2) is 107 Å². The van der Waals surface area contributed by atoms with E-state index in [0.29, 0.717) is 44.1 Å². The summed E-state index contributed by atoms with van der Waals surface area (Å²) in [4.78, 5) is 28.4. The first-order chi connectivity index (χ1) is 23.3. The van der Waals surface area contributed by atoms with Gasteiger partial charge in [0.15, 0.2) is 0 Å². The molecule has 1 aromatic heterocycles. The summed E-state index contributed by atoms with van der Waals surface area (Å²) in [5.74, 6) is 0.337. The SMILES string of the molecule is COc1ccc2c(c1)CC(NC(=O)N1CCN(S(C)(=O)=O)CC1)CCn1c-2c(C2CCCCC2)c2ccc(C(=O)NS(=O)(=O)N(C)C)cc21. The van der Waals surface area contributed by atoms with Crippen molar-refractivity contribution in [1.82, 2.24) is 28.1 Å². The number of piperazine rings is 1. The van der Waals surface area contributed by atoms with Gasteiger partial charge in [-0.05, 0) is 73.1 Å². The number of methoxy groups -OCH3 is 1. The lowest BCUT2D eigenvalue weighted by molar-refractivity contribution is 0.0979. The van der Waals surface area contributed by atoms with E-state index >= 15 is 0 Å². The van der Waals surface area contributed by atoms with Crippen molar-refractivity contribution in [3.05, 3.63) is 53.1 Å². The Labute approximate surface area is 288 Å². The molecule has 2 N–H and O–H groups in total. The lowest BCUT2D eigenvalue weighted by Gasteiger charge is -2.35. The number of nitrogens with one attached hydrogen (secondary N) is 2. The number of rotatable bonds is 7. The first-order valence-electron chi connectivity index (χ1n) is 16.9. The van der Waals surface area contributed by atoms with Crippen molar-refractivity contribution in [2.75, 3.05) is 53.6 Å². The summed E-state index contributed by atoms with van der Waals surface area (Å²) in [5, 5.41) is 4.28. The Kier molecular flexibility index (Phi) is 10.00. The van der Waals surface area contributed by atoms with Crippen LogP contribution in [0.2, 0.25) is 0 Å². The molecule has 49 heavy (non-hydrogen) atoms. The summed E-state index contributed by atoms with van der Waals surface area (Å²) in [7, 11) is -2.95. The van der Waals surface area contributed by atoms with Crippen molar-refractivity contribution in [2.45, 2.75) is 63.5 Å². The van der Waals surface area contributed by atoms with Gasteiger partial charge in [-0.1, -0.05) is 25.3 Å². The Hall–Kier alpha value is -3.66. The van der Waals surface area contributed by atoms with Crippen LogP contribution in [0.15, 0.2) is 36.4 Å².